The van der Waals surface area contributed by atoms with E-state index in [1.807, 2.05) is 71.6 Å². The van der Waals surface area contributed by atoms with Gasteiger partial charge in [-0.1, -0.05) is 74.5 Å². The summed E-state index contributed by atoms with van der Waals surface area (Å²) in [4.78, 5) is 28.9. The minimum Gasteiger partial charge on any atom is -0.459 e. The van der Waals surface area contributed by atoms with Crippen molar-refractivity contribution in [1.82, 2.24) is 4.90 Å². The third-order valence-corrected chi connectivity index (χ3v) is 8.59. The van der Waals surface area contributed by atoms with Gasteiger partial charge in [0.05, 0.1) is 0 Å². The van der Waals surface area contributed by atoms with Gasteiger partial charge in [-0.15, -0.1) is 0 Å². The number of hydrogen-bond donors (Lipinski definition) is 0. The van der Waals surface area contributed by atoms with Crippen LogP contribution in [0.1, 0.15) is 44.2 Å². The first kappa shape index (κ1) is 20.0. The zero-order valence-electron chi connectivity index (χ0n) is 18.2. The standard InChI is InChI=1S/C27H29NO3/c1-25-19-28(23(29)14-13-20-9-5-3-6-10-20)27(17-22(25)15-16-26(25,27)2)24(30)31-18-21-11-7-4-8-12-21/h3-14,22H,15-19H2,1-2H3/b14-13+. The molecule has 2 aromatic rings. The molecule has 2 saturated carbocycles. The van der Waals surface area contributed by atoms with Crippen LogP contribution in [0.3, 0.4) is 0 Å². The summed E-state index contributed by atoms with van der Waals surface area (Å²) < 4.78 is 5.88. The van der Waals surface area contributed by atoms with Gasteiger partial charge in [0.15, 0.2) is 0 Å². The molecule has 3 fully saturated rings. The van der Waals surface area contributed by atoms with Crippen LogP contribution in [0.25, 0.3) is 6.08 Å². The Morgan fingerprint density at radius 3 is 2.42 bits per heavy atom. The molecule has 1 amide bonds. The molecular weight excluding hydrogens is 386 g/mol. The van der Waals surface area contributed by atoms with E-state index in [9.17, 15) is 9.59 Å². The maximum atomic E-state index is 13.7. The number of esters is 1. The molecule has 0 radical (unpaired) electrons. The molecule has 0 N–H and O–H groups in total. The first-order valence-corrected chi connectivity index (χ1v) is 11.2. The summed E-state index contributed by atoms with van der Waals surface area (Å²) in [5, 5.41) is 0. The fraction of sp³-hybridized carbons (Fsp3) is 0.407. The van der Waals surface area contributed by atoms with Crippen molar-refractivity contribution in [2.24, 2.45) is 16.7 Å². The number of ether oxygens (including phenoxy) is 1. The van der Waals surface area contributed by atoms with E-state index in [1.165, 1.54) is 0 Å². The monoisotopic (exact) mass is 415 g/mol. The zero-order valence-corrected chi connectivity index (χ0v) is 18.2. The molecule has 1 aliphatic heterocycles. The molecule has 4 nitrogen and oxygen atoms in total. The highest BCUT2D eigenvalue weighted by Crippen LogP contribution is 2.76. The van der Waals surface area contributed by atoms with Crippen molar-refractivity contribution < 1.29 is 14.3 Å². The summed E-state index contributed by atoms with van der Waals surface area (Å²) in [5.74, 6) is 0.117. The predicted octanol–water partition coefficient (Wildman–Crippen LogP) is 4.85. The van der Waals surface area contributed by atoms with Crippen LogP contribution in [-0.4, -0.2) is 28.9 Å². The summed E-state index contributed by atoms with van der Waals surface area (Å²) in [7, 11) is 0. The van der Waals surface area contributed by atoms with E-state index >= 15 is 0 Å². The molecule has 4 heteroatoms. The molecule has 4 unspecified atom stereocenters. The minimum atomic E-state index is -0.877. The first-order valence-electron chi connectivity index (χ1n) is 11.2. The zero-order chi connectivity index (χ0) is 21.7. The lowest BCUT2D eigenvalue weighted by Crippen LogP contribution is -2.61. The molecule has 0 aromatic heterocycles. The highest BCUT2D eigenvalue weighted by Gasteiger charge is 2.81. The lowest BCUT2D eigenvalue weighted by molar-refractivity contribution is -0.169. The Balaban J connectivity index is 1.45. The average Bonchev–Trinajstić information content (AvgIpc) is 3.25. The van der Waals surface area contributed by atoms with E-state index in [4.69, 9.17) is 4.74 Å². The van der Waals surface area contributed by atoms with Crippen molar-refractivity contribution in [3.05, 3.63) is 77.9 Å². The predicted molar refractivity (Wildman–Crippen MR) is 120 cm³/mol. The van der Waals surface area contributed by atoms with Crippen LogP contribution in [0.2, 0.25) is 0 Å². The number of amides is 1. The topological polar surface area (TPSA) is 46.6 Å². The van der Waals surface area contributed by atoms with Gasteiger partial charge in [-0.05, 0) is 47.8 Å². The number of benzene rings is 2. The van der Waals surface area contributed by atoms with Gasteiger partial charge in [0, 0.05) is 18.0 Å². The number of carbonyl (C=O) groups excluding carboxylic acids is 2. The van der Waals surface area contributed by atoms with E-state index in [2.05, 4.69) is 13.8 Å². The van der Waals surface area contributed by atoms with Crippen molar-refractivity contribution in [3.63, 3.8) is 0 Å². The SMILES string of the molecule is CC12CN(C(=O)/C=C/c3ccccc3)C3(C(=O)OCc4ccccc4)CC1CCC23C. The molecule has 4 bridgehead atoms. The smallest absolute Gasteiger partial charge is 0.333 e. The highest BCUT2D eigenvalue weighted by molar-refractivity contribution is 5.98. The van der Waals surface area contributed by atoms with Crippen LogP contribution in [0.5, 0.6) is 0 Å². The maximum absolute atomic E-state index is 13.7. The Morgan fingerprint density at radius 2 is 1.74 bits per heavy atom. The third kappa shape index (κ3) is 2.73. The minimum absolute atomic E-state index is 0.0466. The van der Waals surface area contributed by atoms with Crippen LogP contribution in [0, 0.1) is 16.7 Å². The highest BCUT2D eigenvalue weighted by atomic mass is 16.5. The van der Waals surface area contributed by atoms with E-state index < -0.39 is 5.54 Å². The Hall–Kier alpha value is -2.88. The van der Waals surface area contributed by atoms with Gasteiger partial charge in [-0.25, -0.2) is 4.79 Å². The fourth-order valence-corrected chi connectivity index (χ4v) is 6.63. The number of likely N-dealkylation sites (tertiary alicyclic amines) is 1. The van der Waals surface area contributed by atoms with E-state index in [0.717, 1.165) is 24.0 Å². The van der Waals surface area contributed by atoms with E-state index in [-0.39, 0.29) is 29.3 Å². The molecule has 3 aliphatic rings. The van der Waals surface area contributed by atoms with E-state index in [1.54, 1.807) is 6.08 Å². The second-order valence-electron chi connectivity index (χ2n) is 9.78. The van der Waals surface area contributed by atoms with Crippen LogP contribution in [0.15, 0.2) is 66.7 Å². The Bertz CT molecular complexity index is 1030. The van der Waals surface area contributed by atoms with Crippen molar-refractivity contribution >= 4 is 18.0 Å². The van der Waals surface area contributed by atoms with Crippen LogP contribution >= 0.6 is 0 Å². The van der Waals surface area contributed by atoms with Gasteiger partial charge in [-0.2, -0.15) is 0 Å². The van der Waals surface area contributed by atoms with Crippen LogP contribution in [0.4, 0.5) is 0 Å². The number of hydrogen-bond acceptors (Lipinski definition) is 3. The van der Waals surface area contributed by atoms with Crippen LogP contribution in [-0.2, 0) is 20.9 Å². The summed E-state index contributed by atoms with van der Waals surface area (Å²) in [6.45, 7) is 5.33. The molecule has 2 aliphatic carbocycles. The second-order valence-corrected chi connectivity index (χ2v) is 9.78. The van der Waals surface area contributed by atoms with Gasteiger partial charge in [-0.3, -0.25) is 4.79 Å². The third-order valence-electron chi connectivity index (χ3n) is 8.59. The normalized spacial score (nSPS) is 33.2. The summed E-state index contributed by atoms with van der Waals surface area (Å²) in [6, 6.07) is 19.5. The van der Waals surface area contributed by atoms with Gasteiger partial charge >= 0.3 is 5.97 Å². The lowest BCUT2D eigenvalue weighted by atomic mass is 9.65. The number of rotatable bonds is 5. The second kappa shape index (κ2) is 7.08. The molecular formula is C27H29NO3. The van der Waals surface area contributed by atoms with Gasteiger partial charge in [0.2, 0.25) is 5.91 Å². The number of nitrogens with zero attached hydrogens (tertiary/aromatic N) is 1. The van der Waals surface area contributed by atoms with Gasteiger partial charge < -0.3 is 9.64 Å². The van der Waals surface area contributed by atoms with Gasteiger partial charge in [0.1, 0.15) is 12.1 Å². The van der Waals surface area contributed by atoms with Crippen LogP contribution < -0.4 is 0 Å². The van der Waals surface area contributed by atoms with Crippen molar-refractivity contribution in [3.8, 4) is 0 Å². The Morgan fingerprint density at radius 1 is 1.06 bits per heavy atom. The molecule has 1 heterocycles. The van der Waals surface area contributed by atoms with Crippen molar-refractivity contribution in [2.75, 3.05) is 6.54 Å². The number of piperidine rings is 1. The van der Waals surface area contributed by atoms with E-state index in [0.29, 0.717) is 18.9 Å². The van der Waals surface area contributed by atoms with Crippen molar-refractivity contribution in [2.45, 2.75) is 45.3 Å². The molecule has 160 valence electrons. The molecule has 31 heavy (non-hydrogen) atoms. The lowest BCUT2D eigenvalue weighted by Gasteiger charge is -2.45. The Kier molecular flexibility index (Phi) is 4.58. The quantitative estimate of drug-likeness (QED) is 0.518. The molecule has 1 saturated heterocycles. The Labute approximate surface area is 183 Å². The molecule has 0 spiro atoms. The summed E-state index contributed by atoms with van der Waals surface area (Å²) in [5.41, 5.74) is 0.754. The fourth-order valence-electron chi connectivity index (χ4n) is 6.63. The number of carbonyl (C=O) groups is 2. The van der Waals surface area contributed by atoms with Gasteiger partial charge in [0.25, 0.3) is 0 Å². The molecule has 4 atom stereocenters. The first-order chi connectivity index (χ1) is 14.9. The molecule has 2 aromatic carbocycles. The summed E-state index contributed by atoms with van der Waals surface area (Å²) >= 11 is 0. The maximum Gasteiger partial charge on any atom is 0.333 e. The average molecular weight is 416 g/mol. The molecule has 5 rings (SSSR count). The largest absolute Gasteiger partial charge is 0.459 e. The van der Waals surface area contributed by atoms with Crippen molar-refractivity contribution in [1.29, 1.82) is 0 Å². The summed E-state index contributed by atoms with van der Waals surface area (Å²) in [6.07, 6.45) is 6.24.